The lowest BCUT2D eigenvalue weighted by Crippen LogP contribution is -2.12. The number of primary amides is 1. The first-order chi connectivity index (χ1) is 8.21. The summed E-state index contributed by atoms with van der Waals surface area (Å²) in [5, 5.41) is -0.00359. The molecule has 0 saturated heterocycles. The van der Waals surface area contributed by atoms with Gasteiger partial charge in [0.1, 0.15) is 11.5 Å². The van der Waals surface area contributed by atoms with Gasteiger partial charge in [0.05, 0.1) is 11.1 Å². The molecule has 0 saturated carbocycles. The number of H-pyrrole nitrogens is 1. The minimum atomic E-state index is -4.60. The molecule has 96 valence electrons. The van der Waals surface area contributed by atoms with Crippen LogP contribution in [0.1, 0.15) is 21.6 Å². The summed E-state index contributed by atoms with van der Waals surface area (Å²) < 4.78 is 51.3. The number of rotatable bonds is 1. The Morgan fingerprint density at radius 1 is 1.33 bits per heavy atom. The Bertz CT molecular complexity index is 643. The molecule has 1 aromatic carbocycles. The quantitative estimate of drug-likeness (QED) is 0.761. The molecule has 1 heterocycles. The van der Waals surface area contributed by atoms with Crippen LogP contribution in [-0.4, -0.2) is 10.9 Å². The topological polar surface area (TPSA) is 58.9 Å². The Morgan fingerprint density at radius 2 is 1.94 bits per heavy atom. The van der Waals surface area contributed by atoms with Crippen molar-refractivity contribution >= 4 is 16.8 Å². The summed E-state index contributed by atoms with van der Waals surface area (Å²) in [5.41, 5.74) is 3.43. The second kappa shape index (κ2) is 3.72. The fourth-order valence-corrected chi connectivity index (χ4v) is 1.87. The first-order valence-electron chi connectivity index (χ1n) is 4.90. The van der Waals surface area contributed by atoms with Gasteiger partial charge < -0.3 is 10.7 Å². The van der Waals surface area contributed by atoms with Crippen molar-refractivity contribution in [2.75, 3.05) is 0 Å². The van der Waals surface area contributed by atoms with E-state index in [0.29, 0.717) is 0 Å². The van der Waals surface area contributed by atoms with E-state index in [2.05, 4.69) is 4.98 Å². The van der Waals surface area contributed by atoms with Crippen molar-refractivity contribution in [2.45, 2.75) is 13.1 Å². The molecule has 0 aliphatic carbocycles. The zero-order valence-corrected chi connectivity index (χ0v) is 9.15. The van der Waals surface area contributed by atoms with Crippen molar-refractivity contribution in [1.82, 2.24) is 4.98 Å². The summed E-state index contributed by atoms with van der Waals surface area (Å²) in [6.45, 7) is 1.20. The Morgan fingerprint density at radius 3 is 2.44 bits per heavy atom. The third-order valence-electron chi connectivity index (χ3n) is 2.68. The molecule has 0 bridgehead atoms. The number of aromatic nitrogens is 1. The molecular weight excluding hydrogens is 252 g/mol. The van der Waals surface area contributed by atoms with E-state index in [1.165, 1.54) is 6.92 Å². The number of carbonyl (C=O) groups excluding carboxylic acids is 1. The van der Waals surface area contributed by atoms with Gasteiger partial charge in [0.15, 0.2) is 0 Å². The van der Waals surface area contributed by atoms with Crippen LogP contribution in [0, 0.1) is 12.7 Å². The number of nitrogens with two attached hydrogens (primary N) is 1. The standard InChI is InChI=1S/C11H8F4N2O/c1-4-6-2-5(12)3-7(10(16)18)8(6)17-9(4)11(13,14)15/h2-3,17H,1H3,(H2,16,18). The van der Waals surface area contributed by atoms with Crippen LogP contribution < -0.4 is 5.73 Å². The van der Waals surface area contributed by atoms with Gasteiger partial charge in [-0.1, -0.05) is 0 Å². The van der Waals surface area contributed by atoms with Crippen molar-refractivity contribution in [1.29, 1.82) is 0 Å². The van der Waals surface area contributed by atoms with Crippen molar-refractivity contribution in [2.24, 2.45) is 5.73 Å². The van der Waals surface area contributed by atoms with Crippen molar-refractivity contribution in [3.63, 3.8) is 0 Å². The highest BCUT2D eigenvalue weighted by Gasteiger charge is 2.35. The molecule has 2 aromatic rings. The van der Waals surface area contributed by atoms with Crippen LogP contribution in [0.4, 0.5) is 17.6 Å². The van der Waals surface area contributed by atoms with Gasteiger partial charge in [0.2, 0.25) is 0 Å². The van der Waals surface area contributed by atoms with Crippen molar-refractivity contribution < 1.29 is 22.4 Å². The number of amides is 1. The highest BCUT2D eigenvalue weighted by molar-refractivity contribution is 6.06. The van der Waals surface area contributed by atoms with Gasteiger partial charge in [-0.15, -0.1) is 0 Å². The number of hydrogen-bond donors (Lipinski definition) is 2. The number of nitrogens with one attached hydrogen (secondary N) is 1. The Labute approximate surface area is 98.6 Å². The second-order valence-corrected chi connectivity index (χ2v) is 3.86. The number of carbonyl (C=O) groups is 1. The van der Waals surface area contributed by atoms with Gasteiger partial charge >= 0.3 is 6.18 Å². The SMILES string of the molecule is Cc1c(C(F)(F)F)[nH]c2c(C(N)=O)cc(F)cc12. The van der Waals surface area contributed by atoms with Gasteiger partial charge in [0, 0.05) is 5.39 Å². The van der Waals surface area contributed by atoms with Crippen LogP contribution in [0.2, 0.25) is 0 Å². The first kappa shape index (κ1) is 12.4. The predicted molar refractivity (Wildman–Crippen MR) is 56.5 cm³/mol. The summed E-state index contributed by atoms with van der Waals surface area (Å²) in [5.74, 6) is -1.80. The van der Waals surface area contributed by atoms with Crippen molar-refractivity contribution in [3.8, 4) is 0 Å². The highest BCUT2D eigenvalue weighted by Crippen LogP contribution is 2.36. The Kier molecular flexibility index (Phi) is 2.57. The van der Waals surface area contributed by atoms with Gasteiger partial charge in [0.25, 0.3) is 5.91 Å². The van der Waals surface area contributed by atoms with Crippen LogP contribution in [-0.2, 0) is 6.18 Å². The lowest BCUT2D eigenvalue weighted by atomic mass is 10.1. The molecule has 3 nitrogen and oxygen atoms in total. The summed E-state index contributed by atoms with van der Waals surface area (Å²) in [6.07, 6.45) is -4.60. The van der Waals surface area contributed by atoms with Gasteiger partial charge in [-0.2, -0.15) is 13.2 Å². The molecule has 0 aliphatic rings. The molecule has 0 atom stereocenters. The number of halogens is 4. The number of aryl methyl sites for hydroxylation is 1. The third kappa shape index (κ3) is 1.81. The Balaban J connectivity index is 2.88. The monoisotopic (exact) mass is 260 g/mol. The maximum Gasteiger partial charge on any atom is 0.431 e. The predicted octanol–water partition coefficient (Wildman–Crippen LogP) is 2.73. The van der Waals surface area contributed by atoms with Crippen LogP contribution >= 0.6 is 0 Å². The van der Waals surface area contributed by atoms with E-state index in [1.807, 2.05) is 0 Å². The van der Waals surface area contributed by atoms with Crippen LogP contribution in [0.5, 0.6) is 0 Å². The maximum absolute atomic E-state index is 13.2. The molecule has 3 N–H and O–H groups in total. The summed E-state index contributed by atoms with van der Waals surface area (Å²) >= 11 is 0. The van der Waals surface area contributed by atoms with E-state index < -0.39 is 23.6 Å². The summed E-state index contributed by atoms with van der Waals surface area (Å²) in [7, 11) is 0. The molecule has 0 fully saturated rings. The van der Waals surface area contributed by atoms with Crippen LogP contribution in [0.3, 0.4) is 0 Å². The second-order valence-electron chi connectivity index (χ2n) is 3.86. The lowest BCUT2D eigenvalue weighted by molar-refractivity contribution is -0.141. The average molecular weight is 260 g/mol. The van der Waals surface area contributed by atoms with E-state index in [1.54, 1.807) is 0 Å². The van der Waals surface area contributed by atoms with Gasteiger partial charge in [-0.3, -0.25) is 4.79 Å². The molecule has 7 heteroatoms. The highest BCUT2D eigenvalue weighted by atomic mass is 19.4. The molecule has 0 spiro atoms. The molecule has 1 amide bonds. The number of benzene rings is 1. The fraction of sp³-hybridized carbons (Fsp3) is 0.182. The minimum absolute atomic E-state index is 0.00359. The number of alkyl halides is 3. The van der Waals surface area contributed by atoms with Gasteiger partial charge in [-0.05, 0) is 24.6 Å². The summed E-state index contributed by atoms with van der Waals surface area (Å²) in [6, 6.07) is 1.74. The molecular formula is C11H8F4N2O. The molecule has 1 aromatic heterocycles. The molecule has 0 aliphatic heterocycles. The summed E-state index contributed by atoms with van der Waals surface area (Å²) in [4.78, 5) is 13.2. The van der Waals surface area contributed by atoms with Crippen molar-refractivity contribution in [3.05, 3.63) is 34.8 Å². The molecule has 0 unspecified atom stereocenters. The minimum Gasteiger partial charge on any atom is -0.366 e. The first-order valence-corrected chi connectivity index (χ1v) is 4.90. The normalized spacial score (nSPS) is 12.1. The van der Waals surface area contributed by atoms with Crippen LogP contribution in [0.25, 0.3) is 10.9 Å². The number of aromatic amines is 1. The number of hydrogen-bond acceptors (Lipinski definition) is 1. The molecule has 0 radical (unpaired) electrons. The average Bonchev–Trinajstić information content (AvgIpc) is 2.55. The molecule has 18 heavy (non-hydrogen) atoms. The number of fused-ring (bicyclic) bond motifs is 1. The van der Waals surface area contributed by atoms with E-state index in [-0.39, 0.29) is 22.0 Å². The largest absolute Gasteiger partial charge is 0.431 e. The Hall–Kier alpha value is -2.05. The maximum atomic E-state index is 13.2. The van der Waals surface area contributed by atoms with Gasteiger partial charge in [-0.25, -0.2) is 4.39 Å². The lowest BCUT2D eigenvalue weighted by Gasteiger charge is -2.04. The zero-order chi connectivity index (χ0) is 13.7. The third-order valence-corrected chi connectivity index (χ3v) is 2.68. The van der Waals surface area contributed by atoms with E-state index in [0.717, 1.165) is 12.1 Å². The zero-order valence-electron chi connectivity index (χ0n) is 9.15. The van der Waals surface area contributed by atoms with E-state index in [9.17, 15) is 22.4 Å². The van der Waals surface area contributed by atoms with Crippen LogP contribution in [0.15, 0.2) is 12.1 Å². The van der Waals surface area contributed by atoms with E-state index in [4.69, 9.17) is 5.73 Å². The van der Waals surface area contributed by atoms with E-state index >= 15 is 0 Å². The fourth-order valence-electron chi connectivity index (χ4n) is 1.87. The molecule has 2 rings (SSSR count). The smallest absolute Gasteiger partial charge is 0.366 e.